The molecular formula is C27H33F2N3O3S. The van der Waals surface area contributed by atoms with E-state index in [9.17, 15) is 13.6 Å². The number of benzene rings is 1. The Morgan fingerprint density at radius 1 is 1.22 bits per heavy atom. The second kappa shape index (κ2) is 10.5. The Hall–Kier alpha value is -2.39. The molecule has 194 valence electrons. The van der Waals surface area contributed by atoms with Gasteiger partial charge in [0.2, 0.25) is 0 Å². The lowest BCUT2D eigenvalue weighted by molar-refractivity contribution is -0.0230. The zero-order valence-electron chi connectivity index (χ0n) is 20.9. The summed E-state index contributed by atoms with van der Waals surface area (Å²) in [5.41, 5.74) is 3.17. The van der Waals surface area contributed by atoms with Gasteiger partial charge < -0.3 is 9.15 Å². The largest absolute Gasteiger partial charge is 0.464 e. The third-order valence-corrected chi connectivity index (χ3v) is 8.42. The summed E-state index contributed by atoms with van der Waals surface area (Å²) in [6.45, 7) is 4.79. The normalized spacial score (nSPS) is 21.0. The highest BCUT2D eigenvalue weighted by atomic mass is 32.1. The predicted octanol–water partition coefficient (Wildman–Crippen LogP) is 6.45. The van der Waals surface area contributed by atoms with Crippen molar-refractivity contribution >= 4 is 28.2 Å². The highest BCUT2D eigenvalue weighted by Gasteiger charge is 2.27. The molecule has 0 spiro atoms. The first kappa shape index (κ1) is 25.3. The second-order valence-electron chi connectivity index (χ2n) is 10.5. The van der Waals surface area contributed by atoms with Gasteiger partial charge in [0.05, 0.1) is 5.69 Å². The van der Waals surface area contributed by atoms with Gasteiger partial charge >= 0.3 is 0 Å². The van der Waals surface area contributed by atoms with Crippen LogP contribution in [-0.4, -0.2) is 46.3 Å². The third kappa shape index (κ3) is 6.29. The van der Waals surface area contributed by atoms with Crippen LogP contribution < -0.4 is 4.74 Å². The van der Waals surface area contributed by atoms with E-state index in [4.69, 9.17) is 9.15 Å². The van der Waals surface area contributed by atoms with E-state index in [0.29, 0.717) is 29.3 Å². The van der Waals surface area contributed by atoms with Crippen LogP contribution in [0.3, 0.4) is 0 Å². The van der Waals surface area contributed by atoms with Gasteiger partial charge in [-0.15, -0.1) is 0 Å². The zero-order valence-corrected chi connectivity index (χ0v) is 21.7. The number of carbonyl (C=O) groups is 1. The number of oxazole rings is 1. The fraction of sp³-hybridized carbons (Fsp3) is 0.593. The van der Waals surface area contributed by atoms with Crippen molar-refractivity contribution in [1.82, 2.24) is 14.9 Å². The molecule has 1 fully saturated rings. The highest BCUT2D eigenvalue weighted by Crippen LogP contribution is 2.35. The lowest BCUT2D eigenvalue weighted by atomic mass is 9.78. The van der Waals surface area contributed by atoms with E-state index in [1.807, 2.05) is 25.1 Å². The molecule has 0 bridgehead atoms. The summed E-state index contributed by atoms with van der Waals surface area (Å²) in [4.78, 5) is 25.2. The molecule has 0 atom stereocenters. The summed E-state index contributed by atoms with van der Waals surface area (Å²) in [5.74, 6) is -0.907. The molecule has 1 aromatic carbocycles. The average molecular weight is 518 g/mol. The van der Waals surface area contributed by atoms with Gasteiger partial charge in [-0.25, -0.2) is 18.7 Å². The molecule has 0 amide bonds. The lowest BCUT2D eigenvalue weighted by Crippen LogP contribution is -2.32. The molecule has 1 aliphatic carbocycles. The number of carbonyl (C=O) groups excluding carboxylic acids is 1. The van der Waals surface area contributed by atoms with Crippen LogP contribution in [0.15, 0.2) is 22.6 Å². The summed E-state index contributed by atoms with van der Waals surface area (Å²) < 4.78 is 36.9. The molecule has 0 unspecified atom stereocenters. The molecule has 1 saturated carbocycles. The predicted molar refractivity (Wildman–Crippen MR) is 135 cm³/mol. The molecule has 2 aromatic heterocycles. The number of aryl methyl sites for hydroxylation is 1. The van der Waals surface area contributed by atoms with Crippen molar-refractivity contribution in [3.05, 3.63) is 40.2 Å². The van der Waals surface area contributed by atoms with Crippen LogP contribution >= 0.6 is 11.3 Å². The van der Waals surface area contributed by atoms with Crippen LogP contribution in [0.1, 0.15) is 72.3 Å². The van der Waals surface area contributed by atoms with Gasteiger partial charge in [0.1, 0.15) is 5.52 Å². The minimum absolute atomic E-state index is 0.194. The first-order valence-electron chi connectivity index (χ1n) is 12.8. The Labute approximate surface area is 214 Å². The molecule has 0 radical (unpaired) electrons. The van der Waals surface area contributed by atoms with Crippen molar-refractivity contribution in [3.8, 4) is 5.19 Å². The Balaban J connectivity index is 1.04. The van der Waals surface area contributed by atoms with Gasteiger partial charge in [0, 0.05) is 43.8 Å². The Morgan fingerprint density at radius 2 is 2.00 bits per heavy atom. The first-order chi connectivity index (χ1) is 17.2. The number of rotatable bonds is 9. The van der Waals surface area contributed by atoms with Gasteiger partial charge in [-0.1, -0.05) is 24.2 Å². The third-order valence-electron chi connectivity index (χ3n) is 7.35. The van der Waals surface area contributed by atoms with Crippen molar-refractivity contribution < 1.29 is 22.7 Å². The maximum absolute atomic E-state index is 13.1. The molecule has 6 nitrogen and oxygen atoms in total. The van der Waals surface area contributed by atoms with Crippen LogP contribution in [0.4, 0.5) is 8.78 Å². The molecule has 2 aliphatic rings. The molecule has 3 aromatic rings. The maximum atomic E-state index is 13.1. The number of ether oxygens (including phenoxy) is 1. The average Bonchev–Trinajstić information content (AvgIpc) is 3.42. The molecule has 36 heavy (non-hydrogen) atoms. The fourth-order valence-electron chi connectivity index (χ4n) is 5.36. The van der Waals surface area contributed by atoms with E-state index < -0.39 is 12.5 Å². The summed E-state index contributed by atoms with van der Waals surface area (Å²) >= 11 is 1.40. The summed E-state index contributed by atoms with van der Waals surface area (Å²) in [5, 5.41) is 0.354. The first-order valence-corrected chi connectivity index (χ1v) is 13.7. The molecule has 5 rings (SSSR count). The van der Waals surface area contributed by atoms with Crippen LogP contribution in [0.25, 0.3) is 11.1 Å². The van der Waals surface area contributed by atoms with Gasteiger partial charge in [-0.2, -0.15) is 0 Å². The Morgan fingerprint density at radius 3 is 2.78 bits per heavy atom. The van der Waals surface area contributed by atoms with Crippen molar-refractivity contribution in [1.29, 1.82) is 0 Å². The standard InChI is InChI=1S/C27H33F2N3O3S/c1-17-30-21-14-20(7-8-24(21)35-17)23(33)13-19-5-3-18(4-6-19)9-11-32-12-10-25-22(15-32)31-26(36-25)34-16-27(2,28)29/h7-8,14,18-19H,3-6,9-13,15-16H2,1-2H3. The number of aromatic nitrogens is 2. The van der Waals surface area contributed by atoms with Crippen molar-refractivity contribution in [2.24, 2.45) is 11.8 Å². The Kier molecular flexibility index (Phi) is 7.40. The van der Waals surface area contributed by atoms with E-state index in [2.05, 4.69) is 14.9 Å². The molecule has 0 saturated heterocycles. The second-order valence-corrected chi connectivity index (χ2v) is 11.5. The van der Waals surface area contributed by atoms with Crippen LogP contribution in [0, 0.1) is 18.8 Å². The van der Waals surface area contributed by atoms with E-state index >= 15 is 0 Å². The number of nitrogens with zero attached hydrogens (tertiary/aromatic N) is 3. The van der Waals surface area contributed by atoms with Gasteiger partial charge in [-0.3, -0.25) is 9.69 Å². The van der Waals surface area contributed by atoms with Crippen molar-refractivity contribution in [3.63, 3.8) is 0 Å². The van der Waals surface area contributed by atoms with Crippen LogP contribution in [0.2, 0.25) is 0 Å². The number of alkyl halides is 2. The Bertz CT molecular complexity index is 1210. The minimum Gasteiger partial charge on any atom is -0.464 e. The summed E-state index contributed by atoms with van der Waals surface area (Å²) in [6.07, 6.45) is 7.17. The van der Waals surface area contributed by atoms with E-state index in [1.54, 1.807) is 0 Å². The van der Waals surface area contributed by atoms with Crippen LogP contribution in [-0.2, 0) is 13.0 Å². The lowest BCUT2D eigenvalue weighted by Gasteiger charge is -2.31. The zero-order chi connectivity index (χ0) is 25.3. The number of halogens is 2. The maximum Gasteiger partial charge on any atom is 0.278 e. The summed E-state index contributed by atoms with van der Waals surface area (Å²) in [7, 11) is 0. The molecule has 0 N–H and O–H groups in total. The van der Waals surface area contributed by atoms with E-state index in [0.717, 1.165) is 79.5 Å². The monoisotopic (exact) mass is 517 g/mol. The van der Waals surface area contributed by atoms with Gasteiger partial charge in [0.25, 0.3) is 11.1 Å². The van der Waals surface area contributed by atoms with Crippen molar-refractivity contribution in [2.75, 3.05) is 19.7 Å². The minimum atomic E-state index is -2.85. The fourth-order valence-corrected chi connectivity index (χ4v) is 6.26. The number of Topliss-reactive ketones (excluding diaryl/α,β-unsaturated/α-hetero) is 1. The number of thiazole rings is 1. The molecular weight excluding hydrogens is 484 g/mol. The number of fused-ring (bicyclic) bond motifs is 2. The SMILES string of the molecule is Cc1nc2cc(C(=O)CC3CCC(CCN4CCc5sc(OCC(C)(F)F)nc5C4)CC3)ccc2o1. The quantitative estimate of drug-likeness (QED) is 0.304. The van der Waals surface area contributed by atoms with E-state index in [-0.39, 0.29) is 5.78 Å². The van der Waals surface area contributed by atoms with Crippen molar-refractivity contribution in [2.45, 2.75) is 71.3 Å². The van der Waals surface area contributed by atoms with Gasteiger partial charge in [0.15, 0.2) is 23.9 Å². The number of ketones is 1. The number of hydrogen-bond acceptors (Lipinski definition) is 7. The molecule has 1 aliphatic heterocycles. The highest BCUT2D eigenvalue weighted by molar-refractivity contribution is 7.13. The van der Waals surface area contributed by atoms with Gasteiger partial charge in [-0.05, 0) is 62.3 Å². The summed E-state index contributed by atoms with van der Waals surface area (Å²) in [6, 6.07) is 5.54. The smallest absolute Gasteiger partial charge is 0.278 e. The number of hydrogen-bond donors (Lipinski definition) is 0. The topological polar surface area (TPSA) is 68.5 Å². The molecule has 9 heteroatoms. The van der Waals surface area contributed by atoms with E-state index in [1.165, 1.54) is 24.2 Å². The molecule has 3 heterocycles. The van der Waals surface area contributed by atoms with Crippen LogP contribution in [0.5, 0.6) is 5.19 Å².